The Morgan fingerprint density at radius 1 is 0.944 bits per heavy atom. The maximum Gasteiger partial charge on any atom is 0.338 e. The van der Waals surface area contributed by atoms with E-state index in [1.165, 1.54) is 11.8 Å². The van der Waals surface area contributed by atoms with Crippen molar-refractivity contribution in [3.8, 4) is 17.2 Å². The summed E-state index contributed by atoms with van der Waals surface area (Å²) in [5, 5.41) is 11.8. The van der Waals surface area contributed by atoms with Crippen LogP contribution in [0.25, 0.3) is 5.69 Å². The van der Waals surface area contributed by atoms with Gasteiger partial charge in [0.05, 0.1) is 5.56 Å². The molecule has 1 aromatic heterocycles. The standard InChI is InChI=1S/C27H26N4O4S/c1-4-24(25(32)28-20-12-16-23(17-13-20)34-22-8-6-5-7-9-22)35-26(33)19-10-14-21(15-11-19)31-18(2)29-30-27(31)36-3/h5-17,24H,4H2,1-3H3,(H,28,32). The highest BCUT2D eigenvalue weighted by Gasteiger charge is 2.22. The van der Waals surface area contributed by atoms with Crippen LogP contribution in [0, 0.1) is 6.92 Å². The van der Waals surface area contributed by atoms with Gasteiger partial charge in [-0.15, -0.1) is 10.2 Å². The number of anilines is 1. The fraction of sp³-hybridized carbons (Fsp3) is 0.185. The van der Waals surface area contributed by atoms with Gasteiger partial charge in [0.25, 0.3) is 5.91 Å². The molecule has 1 N–H and O–H groups in total. The number of hydrogen-bond donors (Lipinski definition) is 1. The van der Waals surface area contributed by atoms with Gasteiger partial charge < -0.3 is 14.8 Å². The molecule has 1 atom stereocenters. The molecule has 0 bridgehead atoms. The van der Waals surface area contributed by atoms with Crippen molar-refractivity contribution in [2.45, 2.75) is 31.5 Å². The van der Waals surface area contributed by atoms with E-state index < -0.39 is 18.0 Å². The summed E-state index contributed by atoms with van der Waals surface area (Å²) in [6.07, 6.45) is 1.33. The lowest BCUT2D eigenvalue weighted by Crippen LogP contribution is -2.32. The number of carbonyl (C=O) groups is 2. The first-order valence-corrected chi connectivity index (χ1v) is 12.6. The van der Waals surface area contributed by atoms with Crippen LogP contribution in [0.2, 0.25) is 0 Å². The van der Waals surface area contributed by atoms with Gasteiger partial charge in [0.1, 0.15) is 17.3 Å². The van der Waals surface area contributed by atoms with Gasteiger partial charge in [-0.1, -0.05) is 36.9 Å². The van der Waals surface area contributed by atoms with Crippen LogP contribution in [-0.4, -0.2) is 39.0 Å². The van der Waals surface area contributed by atoms with E-state index in [2.05, 4.69) is 15.5 Å². The van der Waals surface area contributed by atoms with Gasteiger partial charge in [0, 0.05) is 11.4 Å². The summed E-state index contributed by atoms with van der Waals surface area (Å²) in [6, 6.07) is 23.3. The average Bonchev–Trinajstić information content (AvgIpc) is 3.29. The second kappa shape index (κ2) is 11.5. The second-order valence-electron chi connectivity index (χ2n) is 7.85. The quantitative estimate of drug-likeness (QED) is 0.233. The number of nitrogens with zero attached hydrogens (tertiary/aromatic N) is 3. The van der Waals surface area contributed by atoms with E-state index in [-0.39, 0.29) is 0 Å². The summed E-state index contributed by atoms with van der Waals surface area (Å²) in [5.41, 5.74) is 1.76. The van der Waals surface area contributed by atoms with E-state index in [1.54, 1.807) is 55.5 Å². The van der Waals surface area contributed by atoms with Crippen LogP contribution < -0.4 is 10.1 Å². The van der Waals surface area contributed by atoms with Gasteiger partial charge in [-0.3, -0.25) is 9.36 Å². The maximum atomic E-state index is 12.8. The van der Waals surface area contributed by atoms with E-state index in [0.717, 1.165) is 22.4 Å². The number of hydrogen-bond acceptors (Lipinski definition) is 7. The lowest BCUT2D eigenvalue weighted by molar-refractivity contribution is -0.124. The molecule has 0 aliphatic carbocycles. The third kappa shape index (κ3) is 5.92. The molecule has 0 radical (unpaired) electrons. The number of para-hydroxylation sites is 1. The Morgan fingerprint density at radius 2 is 1.61 bits per heavy atom. The summed E-state index contributed by atoms with van der Waals surface area (Å²) >= 11 is 1.48. The SMILES string of the molecule is CCC(OC(=O)c1ccc(-n2c(C)nnc2SC)cc1)C(=O)Nc1ccc(Oc2ccccc2)cc1. The van der Waals surface area contributed by atoms with E-state index >= 15 is 0 Å². The molecule has 0 saturated carbocycles. The Bertz CT molecular complexity index is 1320. The first-order chi connectivity index (χ1) is 17.5. The zero-order valence-electron chi connectivity index (χ0n) is 20.2. The van der Waals surface area contributed by atoms with Crippen molar-refractivity contribution >= 4 is 29.3 Å². The molecule has 0 spiro atoms. The zero-order chi connectivity index (χ0) is 25.5. The smallest absolute Gasteiger partial charge is 0.338 e. The van der Waals surface area contributed by atoms with Gasteiger partial charge in [0.15, 0.2) is 11.3 Å². The van der Waals surface area contributed by atoms with Gasteiger partial charge in [-0.25, -0.2) is 4.79 Å². The third-order valence-electron chi connectivity index (χ3n) is 5.35. The number of esters is 1. The second-order valence-corrected chi connectivity index (χ2v) is 8.62. The molecule has 1 heterocycles. The van der Waals surface area contributed by atoms with E-state index in [0.29, 0.717) is 23.4 Å². The number of aromatic nitrogens is 3. The van der Waals surface area contributed by atoms with Crippen molar-refractivity contribution < 1.29 is 19.1 Å². The molecule has 4 aromatic rings. The van der Waals surface area contributed by atoms with Gasteiger partial charge in [-0.05, 0) is 80.3 Å². The number of amides is 1. The minimum Gasteiger partial charge on any atom is -0.457 e. The predicted octanol–water partition coefficient (Wildman–Crippen LogP) is 5.66. The molecule has 1 unspecified atom stereocenters. The fourth-order valence-corrected chi connectivity index (χ4v) is 4.03. The van der Waals surface area contributed by atoms with Crippen LogP contribution in [0.3, 0.4) is 0 Å². The van der Waals surface area contributed by atoms with Crippen molar-refractivity contribution in [3.63, 3.8) is 0 Å². The molecule has 1 amide bonds. The van der Waals surface area contributed by atoms with Crippen molar-refractivity contribution in [2.24, 2.45) is 0 Å². The topological polar surface area (TPSA) is 95.3 Å². The van der Waals surface area contributed by atoms with Gasteiger partial charge in [0.2, 0.25) is 0 Å². The largest absolute Gasteiger partial charge is 0.457 e. The molecule has 3 aromatic carbocycles. The number of rotatable bonds is 9. The number of aryl methyl sites for hydroxylation is 1. The normalized spacial score (nSPS) is 11.5. The predicted molar refractivity (Wildman–Crippen MR) is 139 cm³/mol. The molecule has 184 valence electrons. The molecule has 36 heavy (non-hydrogen) atoms. The lowest BCUT2D eigenvalue weighted by atomic mass is 10.2. The molecule has 4 rings (SSSR count). The molecule has 8 nitrogen and oxygen atoms in total. The molecule has 9 heteroatoms. The maximum absolute atomic E-state index is 12.8. The van der Waals surface area contributed by atoms with Crippen LogP contribution in [0.4, 0.5) is 5.69 Å². The van der Waals surface area contributed by atoms with E-state index in [9.17, 15) is 9.59 Å². The number of nitrogens with one attached hydrogen (secondary N) is 1. The summed E-state index contributed by atoms with van der Waals surface area (Å²) in [7, 11) is 0. The number of carbonyl (C=O) groups excluding carboxylic acids is 2. The van der Waals surface area contributed by atoms with Crippen molar-refractivity contribution in [1.29, 1.82) is 0 Å². The van der Waals surface area contributed by atoms with Crippen LogP contribution in [0.1, 0.15) is 29.5 Å². The highest BCUT2D eigenvalue weighted by Crippen LogP contribution is 2.23. The van der Waals surface area contributed by atoms with E-state index in [1.807, 2.05) is 48.1 Å². The van der Waals surface area contributed by atoms with Gasteiger partial charge in [-0.2, -0.15) is 0 Å². The van der Waals surface area contributed by atoms with Crippen molar-refractivity contribution in [1.82, 2.24) is 14.8 Å². The Kier molecular flexibility index (Phi) is 8.02. The molecule has 0 aliphatic rings. The number of thioether (sulfide) groups is 1. The Labute approximate surface area is 213 Å². The summed E-state index contributed by atoms with van der Waals surface area (Å²) in [5.74, 6) is 1.15. The number of benzene rings is 3. The fourth-order valence-electron chi connectivity index (χ4n) is 3.49. The zero-order valence-corrected chi connectivity index (χ0v) is 21.0. The first kappa shape index (κ1) is 25.0. The Morgan fingerprint density at radius 3 is 2.25 bits per heavy atom. The molecule has 0 aliphatic heterocycles. The lowest BCUT2D eigenvalue weighted by Gasteiger charge is -2.16. The Hall–Kier alpha value is -4.11. The molecular weight excluding hydrogens is 476 g/mol. The highest BCUT2D eigenvalue weighted by molar-refractivity contribution is 7.98. The number of ether oxygens (including phenoxy) is 2. The summed E-state index contributed by atoms with van der Waals surface area (Å²) < 4.78 is 13.2. The minimum atomic E-state index is -0.930. The monoisotopic (exact) mass is 502 g/mol. The summed E-state index contributed by atoms with van der Waals surface area (Å²) in [6.45, 7) is 3.65. The van der Waals surface area contributed by atoms with Gasteiger partial charge >= 0.3 is 5.97 Å². The van der Waals surface area contributed by atoms with Crippen LogP contribution in [-0.2, 0) is 9.53 Å². The molecular formula is C27H26N4O4S. The average molecular weight is 503 g/mol. The Balaban J connectivity index is 1.36. The van der Waals surface area contributed by atoms with Crippen molar-refractivity contribution in [3.05, 3.63) is 90.3 Å². The minimum absolute atomic E-state index is 0.335. The van der Waals surface area contributed by atoms with Crippen molar-refractivity contribution in [2.75, 3.05) is 11.6 Å². The molecule has 0 fully saturated rings. The van der Waals surface area contributed by atoms with E-state index in [4.69, 9.17) is 9.47 Å². The first-order valence-electron chi connectivity index (χ1n) is 11.4. The summed E-state index contributed by atoms with van der Waals surface area (Å²) in [4.78, 5) is 25.5. The van der Waals surface area contributed by atoms with Crippen LogP contribution in [0.5, 0.6) is 11.5 Å². The third-order valence-corrected chi connectivity index (χ3v) is 5.98. The molecule has 0 saturated heterocycles. The van der Waals surface area contributed by atoms with Crippen LogP contribution >= 0.6 is 11.8 Å². The highest BCUT2D eigenvalue weighted by atomic mass is 32.2. The van der Waals surface area contributed by atoms with Crippen LogP contribution in [0.15, 0.2) is 84.0 Å².